The minimum Gasteiger partial charge on any atom is -0.359 e. The van der Waals surface area contributed by atoms with Gasteiger partial charge in [0.15, 0.2) is 5.76 Å². The van der Waals surface area contributed by atoms with Gasteiger partial charge in [-0.1, -0.05) is 5.16 Å². The van der Waals surface area contributed by atoms with Crippen LogP contribution in [0.25, 0.3) is 11.3 Å². The first-order valence-electron chi connectivity index (χ1n) is 8.72. The molecule has 1 aliphatic rings. The summed E-state index contributed by atoms with van der Waals surface area (Å²) >= 11 is 0. The number of rotatable bonds is 6. The Hall–Kier alpha value is -2.41. The Balaban J connectivity index is 1.49. The molecule has 7 nitrogen and oxygen atoms in total. The largest absolute Gasteiger partial charge is 0.359 e. The van der Waals surface area contributed by atoms with Crippen molar-refractivity contribution in [2.24, 2.45) is 0 Å². The number of nitrogens with zero attached hydrogens (tertiary/aromatic N) is 4. The van der Waals surface area contributed by atoms with E-state index in [1.807, 2.05) is 18.2 Å². The maximum atomic E-state index is 12.3. The van der Waals surface area contributed by atoms with Crippen LogP contribution < -0.4 is 5.32 Å². The Labute approximate surface area is 148 Å². The Morgan fingerprint density at radius 3 is 2.80 bits per heavy atom. The van der Waals surface area contributed by atoms with Crippen molar-refractivity contribution in [3.63, 3.8) is 0 Å². The predicted molar refractivity (Wildman–Crippen MR) is 94.9 cm³/mol. The molecular weight excluding hydrogens is 318 g/mol. The molecule has 0 saturated carbocycles. The molecule has 0 spiro atoms. The van der Waals surface area contributed by atoms with Crippen LogP contribution in [-0.2, 0) is 6.54 Å². The van der Waals surface area contributed by atoms with Crippen LogP contribution in [0.2, 0.25) is 0 Å². The standard InChI is InChI=1S/C18H25N5O2/c1-14(23-9-3-4-10-23)12-20-18(24)22(2)13-16-11-17(21-25-16)15-5-7-19-8-6-15/h5-8,11,14H,3-4,9-10,12-13H2,1-2H3,(H,20,24)/t14-/m1/s1. The van der Waals surface area contributed by atoms with Gasteiger partial charge in [-0.3, -0.25) is 9.88 Å². The lowest BCUT2D eigenvalue weighted by molar-refractivity contribution is 0.193. The molecule has 2 aromatic rings. The first-order chi connectivity index (χ1) is 12.1. The van der Waals surface area contributed by atoms with E-state index in [-0.39, 0.29) is 6.03 Å². The van der Waals surface area contributed by atoms with E-state index in [0.717, 1.165) is 24.3 Å². The summed E-state index contributed by atoms with van der Waals surface area (Å²) in [6.07, 6.45) is 5.93. The second-order valence-corrected chi connectivity index (χ2v) is 6.55. The highest BCUT2D eigenvalue weighted by Crippen LogP contribution is 2.18. The fourth-order valence-electron chi connectivity index (χ4n) is 3.03. The van der Waals surface area contributed by atoms with Crippen LogP contribution in [0.4, 0.5) is 4.79 Å². The average molecular weight is 343 g/mol. The van der Waals surface area contributed by atoms with E-state index >= 15 is 0 Å². The minimum atomic E-state index is -0.104. The van der Waals surface area contributed by atoms with Crippen molar-refractivity contribution in [2.75, 3.05) is 26.7 Å². The molecule has 0 bridgehead atoms. The summed E-state index contributed by atoms with van der Waals surface area (Å²) in [5.74, 6) is 0.650. The lowest BCUT2D eigenvalue weighted by atomic mass is 10.2. The highest BCUT2D eigenvalue weighted by atomic mass is 16.5. The molecule has 2 aromatic heterocycles. The molecule has 1 aliphatic heterocycles. The van der Waals surface area contributed by atoms with E-state index in [4.69, 9.17) is 4.52 Å². The first-order valence-corrected chi connectivity index (χ1v) is 8.72. The number of urea groups is 1. The van der Waals surface area contributed by atoms with Crippen LogP contribution in [0.3, 0.4) is 0 Å². The predicted octanol–water partition coefficient (Wildman–Crippen LogP) is 2.36. The third kappa shape index (κ3) is 4.57. The minimum absolute atomic E-state index is 0.104. The molecule has 2 amide bonds. The van der Waals surface area contributed by atoms with Gasteiger partial charge < -0.3 is 14.7 Å². The molecule has 0 radical (unpaired) electrons. The summed E-state index contributed by atoms with van der Waals surface area (Å²) in [5.41, 5.74) is 1.69. The number of carbonyl (C=O) groups is 1. The third-order valence-corrected chi connectivity index (χ3v) is 4.59. The highest BCUT2D eigenvalue weighted by Gasteiger charge is 2.19. The molecular formula is C18H25N5O2. The molecule has 0 aromatic carbocycles. The fraction of sp³-hybridized carbons (Fsp3) is 0.500. The van der Waals surface area contributed by atoms with Gasteiger partial charge in [0.25, 0.3) is 0 Å². The summed E-state index contributed by atoms with van der Waals surface area (Å²) < 4.78 is 5.35. The molecule has 0 aliphatic carbocycles. The lowest BCUT2D eigenvalue weighted by Gasteiger charge is -2.25. The van der Waals surface area contributed by atoms with Crippen molar-refractivity contribution in [1.82, 2.24) is 25.3 Å². The molecule has 1 atom stereocenters. The molecule has 134 valence electrons. The molecule has 25 heavy (non-hydrogen) atoms. The SMILES string of the molecule is C[C@H](CNC(=O)N(C)Cc1cc(-c2ccncc2)no1)N1CCCC1. The van der Waals surface area contributed by atoms with Crippen molar-refractivity contribution < 1.29 is 9.32 Å². The molecule has 3 heterocycles. The average Bonchev–Trinajstić information content (AvgIpc) is 3.32. The topological polar surface area (TPSA) is 74.5 Å². The molecule has 3 rings (SSSR count). The van der Waals surface area contributed by atoms with Gasteiger partial charge in [-0.05, 0) is 45.0 Å². The van der Waals surface area contributed by atoms with Crippen molar-refractivity contribution in [3.05, 3.63) is 36.4 Å². The highest BCUT2D eigenvalue weighted by molar-refractivity contribution is 5.73. The number of hydrogen-bond donors (Lipinski definition) is 1. The summed E-state index contributed by atoms with van der Waals surface area (Å²) in [6.45, 7) is 5.44. The van der Waals surface area contributed by atoms with Gasteiger partial charge in [0.2, 0.25) is 0 Å². The van der Waals surface area contributed by atoms with Gasteiger partial charge in [-0.15, -0.1) is 0 Å². The Bertz CT molecular complexity index is 682. The zero-order valence-corrected chi connectivity index (χ0v) is 14.8. The number of amides is 2. The number of hydrogen-bond acceptors (Lipinski definition) is 5. The summed E-state index contributed by atoms with van der Waals surface area (Å²) in [7, 11) is 1.75. The van der Waals surface area contributed by atoms with Crippen LogP contribution in [0.15, 0.2) is 35.1 Å². The number of carbonyl (C=O) groups excluding carboxylic acids is 1. The van der Waals surface area contributed by atoms with Crippen molar-refractivity contribution in [3.8, 4) is 11.3 Å². The number of likely N-dealkylation sites (tertiary alicyclic amines) is 1. The van der Waals surface area contributed by atoms with Gasteiger partial charge in [0.05, 0.1) is 6.54 Å². The van der Waals surface area contributed by atoms with E-state index in [0.29, 0.717) is 24.9 Å². The van der Waals surface area contributed by atoms with Gasteiger partial charge in [0.1, 0.15) is 5.69 Å². The Kier molecular flexibility index (Phi) is 5.65. The van der Waals surface area contributed by atoms with Crippen LogP contribution in [0, 0.1) is 0 Å². The monoisotopic (exact) mass is 343 g/mol. The zero-order valence-electron chi connectivity index (χ0n) is 14.8. The Morgan fingerprint density at radius 1 is 1.36 bits per heavy atom. The lowest BCUT2D eigenvalue weighted by Crippen LogP contribution is -2.44. The molecule has 7 heteroatoms. The smallest absolute Gasteiger partial charge is 0.317 e. The number of aromatic nitrogens is 2. The van der Waals surface area contributed by atoms with Gasteiger partial charge in [0, 0.05) is 43.7 Å². The van der Waals surface area contributed by atoms with Crippen molar-refractivity contribution in [1.29, 1.82) is 0 Å². The van der Waals surface area contributed by atoms with Gasteiger partial charge in [-0.2, -0.15) is 0 Å². The number of pyridine rings is 1. The van der Waals surface area contributed by atoms with Gasteiger partial charge >= 0.3 is 6.03 Å². The fourth-order valence-corrected chi connectivity index (χ4v) is 3.03. The van der Waals surface area contributed by atoms with Crippen molar-refractivity contribution in [2.45, 2.75) is 32.4 Å². The van der Waals surface area contributed by atoms with E-state index in [2.05, 4.69) is 27.3 Å². The van der Waals surface area contributed by atoms with Gasteiger partial charge in [-0.25, -0.2) is 4.79 Å². The second kappa shape index (κ2) is 8.11. The van der Waals surface area contributed by atoms with E-state index < -0.39 is 0 Å². The quantitative estimate of drug-likeness (QED) is 0.871. The summed E-state index contributed by atoms with van der Waals surface area (Å²) in [6, 6.07) is 5.86. The molecule has 1 N–H and O–H groups in total. The van der Waals surface area contributed by atoms with E-state index in [1.54, 1.807) is 24.3 Å². The van der Waals surface area contributed by atoms with Crippen molar-refractivity contribution >= 4 is 6.03 Å². The second-order valence-electron chi connectivity index (χ2n) is 6.55. The molecule has 0 unspecified atom stereocenters. The van der Waals surface area contributed by atoms with Crippen LogP contribution >= 0.6 is 0 Å². The van der Waals surface area contributed by atoms with Crippen LogP contribution in [0.1, 0.15) is 25.5 Å². The maximum absolute atomic E-state index is 12.3. The van der Waals surface area contributed by atoms with E-state index in [9.17, 15) is 4.79 Å². The first kappa shape index (κ1) is 17.4. The summed E-state index contributed by atoms with van der Waals surface area (Å²) in [5, 5.41) is 7.05. The third-order valence-electron chi connectivity index (χ3n) is 4.59. The van der Waals surface area contributed by atoms with Crippen LogP contribution in [-0.4, -0.2) is 58.7 Å². The maximum Gasteiger partial charge on any atom is 0.317 e. The zero-order chi connectivity index (χ0) is 17.6. The summed E-state index contributed by atoms with van der Waals surface area (Å²) in [4.78, 5) is 20.3. The van der Waals surface area contributed by atoms with E-state index in [1.165, 1.54) is 12.8 Å². The molecule has 1 fully saturated rings. The normalized spacial score (nSPS) is 15.9. The number of nitrogens with one attached hydrogen (secondary N) is 1. The molecule has 1 saturated heterocycles. The van der Waals surface area contributed by atoms with Crippen LogP contribution in [0.5, 0.6) is 0 Å². The Morgan fingerprint density at radius 2 is 2.08 bits per heavy atom.